The first-order valence-corrected chi connectivity index (χ1v) is 32.3. The van der Waals surface area contributed by atoms with Gasteiger partial charge in [-0.05, 0) is 171 Å². The van der Waals surface area contributed by atoms with Crippen molar-refractivity contribution in [1.82, 2.24) is 0 Å². The second kappa shape index (κ2) is 22.7. The zero-order chi connectivity index (χ0) is 43.7. The third-order valence-corrected chi connectivity index (χ3v) is 20.7. The summed E-state index contributed by atoms with van der Waals surface area (Å²) in [6.45, 7) is 9.16. The minimum atomic E-state index is 0. The molecule has 0 amide bonds. The van der Waals surface area contributed by atoms with Crippen LogP contribution in [0.2, 0.25) is 12.6 Å². The first kappa shape index (κ1) is 50.2. The fraction of sp³-hybridized carbons (Fsp3) is 0.516. The van der Waals surface area contributed by atoms with E-state index < -0.39 is 0 Å². The van der Waals surface area contributed by atoms with E-state index in [1.54, 1.807) is 47.3 Å². The molecule has 14 rings (SSSR count). The average Bonchev–Trinajstić information content (AvgIpc) is 3.91. The molecule has 66 heavy (non-hydrogen) atoms. The summed E-state index contributed by atoms with van der Waals surface area (Å²) >= 11 is 1.79. The van der Waals surface area contributed by atoms with E-state index >= 15 is 0 Å². The number of hydrogen-bond acceptors (Lipinski definition) is 0. The molecular formula is C62H76Cl2SiZr-2. The largest absolute Gasteiger partial charge is 1.00 e. The summed E-state index contributed by atoms with van der Waals surface area (Å²) in [6.07, 6.45) is 24.2. The molecule has 0 radical (unpaired) electrons. The van der Waals surface area contributed by atoms with Crippen LogP contribution >= 0.6 is 0 Å². The van der Waals surface area contributed by atoms with Gasteiger partial charge >= 0.3 is 54.7 Å². The van der Waals surface area contributed by atoms with Crippen molar-refractivity contribution in [2.24, 2.45) is 59.2 Å². The summed E-state index contributed by atoms with van der Waals surface area (Å²) in [7, 11) is 0. The quantitative estimate of drug-likeness (QED) is 0.0847. The first-order valence-electron chi connectivity index (χ1n) is 26.4. The molecule has 0 saturated heterocycles. The fourth-order valence-electron chi connectivity index (χ4n) is 15.3. The molecule has 0 spiro atoms. The molecule has 8 bridgehead atoms. The Kier molecular flexibility index (Phi) is 17.2. The molecule has 0 aliphatic heterocycles. The van der Waals surface area contributed by atoms with Gasteiger partial charge in [-0.25, -0.2) is 0 Å². The molecule has 0 atom stereocenters. The maximum absolute atomic E-state index is 2.52. The summed E-state index contributed by atoms with van der Waals surface area (Å²) in [4.78, 5) is 0. The standard InChI is InChI=1S/2C29H33.C4H10Si.2ClH.Zr/c2*1-2-4-19-7-9-23(10-8-19)27-6-3-5-24-12-22(18-29(24)27)17-28-25-13-20-11-21(15-25)16-26(28)14-20;1-3-4-5-2;;;/h2*3,5-10,12,18,20-21,25-26,28H,2,4,11,13-17H2,1H3;3-4H2,1-2H3;2*1H;/q2*-1;;;;+2/p-2. The minimum Gasteiger partial charge on any atom is -1.00 e. The Morgan fingerprint density at radius 3 is 1.15 bits per heavy atom. The van der Waals surface area contributed by atoms with E-state index in [9.17, 15) is 0 Å². The second-order valence-corrected chi connectivity index (χ2v) is 30.7. The SMILES string of the molecule is CCC[Si](C)=[Zr+2].CCCc1ccc(-c2cccc3[cH-]c(CC4C5CC6CC(C5)CC4C6)cc23)cc1.CCCc1ccc(-c2cccc3[cH-]c(CC4C5CC6CC(C5)CC4C6)cc23)cc1.[Cl-].[Cl-]. The van der Waals surface area contributed by atoms with Gasteiger partial charge in [-0.1, -0.05) is 98.5 Å². The van der Waals surface area contributed by atoms with Gasteiger partial charge in [0.1, 0.15) is 0 Å². The Hall–Kier alpha value is -2.22. The summed E-state index contributed by atoms with van der Waals surface area (Å²) in [5, 5.41) is 5.77. The molecule has 8 fully saturated rings. The third kappa shape index (κ3) is 11.2. The van der Waals surface area contributed by atoms with Crippen LogP contribution in [-0.2, 0) is 49.0 Å². The molecular weight excluding hydrogens is 935 g/mol. The molecule has 0 unspecified atom stereocenters. The minimum absolute atomic E-state index is 0. The number of aryl methyl sites for hydroxylation is 2. The van der Waals surface area contributed by atoms with Crippen molar-refractivity contribution in [3.63, 3.8) is 0 Å². The van der Waals surface area contributed by atoms with E-state index in [1.807, 2.05) is 0 Å². The molecule has 0 nitrogen and oxygen atoms in total. The molecule has 8 aliphatic carbocycles. The van der Waals surface area contributed by atoms with E-state index in [1.165, 1.54) is 157 Å². The number of rotatable bonds is 12. The van der Waals surface area contributed by atoms with E-state index in [4.69, 9.17) is 0 Å². The summed E-state index contributed by atoms with van der Waals surface area (Å²) in [5.41, 5.74) is 11.8. The monoisotopic (exact) mass is 1010 g/mol. The van der Waals surface area contributed by atoms with Gasteiger partial charge in [0.25, 0.3) is 0 Å². The number of halogens is 2. The van der Waals surface area contributed by atoms with Gasteiger partial charge in [-0.2, -0.15) is 12.1 Å². The molecule has 0 heterocycles. The Labute approximate surface area is 427 Å². The smallest absolute Gasteiger partial charge is 0.0279 e. The number of benzene rings is 4. The fourth-order valence-corrected chi connectivity index (χ4v) is 17.9. The molecule has 6 aromatic carbocycles. The van der Waals surface area contributed by atoms with E-state index in [-0.39, 0.29) is 30.2 Å². The van der Waals surface area contributed by atoms with Crippen LogP contribution in [0.4, 0.5) is 0 Å². The summed E-state index contributed by atoms with van der Waals surface area (Å²) in [5.74, 6) is 10.3. The predicted octanol–water partition coefficient (Wildman–Crippen LogP) is 11.2. The van der Waals surface area contributed by atoms with Crippen molar-refractivity contribution in [2.45, 2.75) is 143 Å². The Morgan fingerprint density at radius 1 is 0.485 bits per heavy atom. The van der Waals surface area contributed by atoms with Crippen molar-refractivity contribution < 1.29 is 48.1 Å². The van der Waals surface area contributed by atoms with Crippen molar-refractivity contribution in [3.8, 4) is 22.3 Å². The van der Waals surface area contributed by atoms with E-state index in [0.717, 1.165) is 59.2 Å². The zero-order valence-corrected chi connectivity index (χ0v) is 45.6. The van der Waals surface area contributed by atoms with Gasteiger partial charge in [0.05, 0.1) is 0 Å². The molecule has 0 aromatic heterocycles. The van der Waals surface area contributed by atoms with Crippen LogP contribution in [0.15, 0.2) is 109 Å². The maximum Gasteiger partial charge on any atom is -0.0279 e. The van der Waals surface area contributed by atoms with E-state index in [2.05, 4.69) is 137 Å². The number of fused-ring (bicyclic) bond motifs is 2. The molecule has 8 saturated carbocycles. The van der Waals surface area contributed by atoms with Gasteiger partial charge < -0.3 is 24.8 Å². The van der Waals surface area contributed by atoms with Crippen molar-refractivity contribution in [2.75, 3.05) is 0 Å². The van der Waals surface area contributed by atoms with E-state index in [0.29, 0.717) is 0 Å². The van der Waals surface area contributed by atoms with Gasteiger partial charge in [-0.3, -0.25) is 0 Å². The van der Waals surface area contributed by atoms with Crippen LogP contribution < -0.4 is 24.8 Å². The van der Waals surface area contributed by atoms with Crippen molar-refractivity contribution >= 4 is 27.0 Å². The maximum atomic E-state index is 2.52. The van der Waals surface area contributed by atoms with Crippen LogP contribution in [0.25, 0.3) is 43.8 Å². The van der Waals surface area contributed by atoms with Crippen molar-refractivity contribution in [3.05, 3.63) is 131 Å². The Balaban J connectivity index is 0.000000156. The predicted molar refractivity (Wildman–Crippen MR) is 273 cm³/mol. The van der Waals surface area contributed by atoms with Crippen LogP contribution in [0.1, 0.15) is 126 Å². The van der Waals surface area contributed by atoms with Gasteiger partial charge in [-0.15, -0.1) is 69.1 Å². The Morgan fingerprint density at radius 2 is 0.848 bits per heavy atom. The molecule has 0 N–H and O–H groups in total. The van der Waals surface area contributed by atoms with Gasteiger partial charge in [0.15, 0.2) is 0 Å². The van der Waals surface area contributed by atoms with Crippen LogP contribution in [0, 0.1) is 59.2 Å². The normalized spacial score (nSPS) is 27.4. The average molecular weight is 1010 g/mol. The zero-order valence-electron chi connectivity index (χ0n) is 40.6. The van der Waals surface area contributed by atoms with Gasteiger partial charge in [0.2, 0.25) is 0 Å². The van der Waals surface area contributed by atoms with Crippen LogP contribution in [0.3, 0.4) is 0 Å². The topological polar surface area (TPSA) is 0 Å². The van der Waals surface area contributed by atoms with Gasteiger partial charge in [0, 0.05) is 0 Å². The second-order valence-electron chi connectivity index (χ2n) is 22.4. The Bertz CT molecular complexity index is 2280. The molecule has 6 aromatic rings. The summed E-state index contributed by atoms with van der Waals surface area (Å²) < 4.78 is 0. The molecule has 348 valence electrons. The molecule has 8 aliphatic rings. The van der Waals surface area contributed by atoms with Crippen LogP contribution in [0.5, 0.6) is 0 Å². The van der Waals surface area contributed by atoms with Crippen LogP contribution in [-0.4, -0.2) is 5.43 Å². The third-order valence-electron chi connectivity index (χ3n) is 17.6. The first-order chi connectivity index (χ1) is 31.3. The number of hydrogen-bond donors (Lipinski definition) is 0. The van der Waals surface area contributed by atoms with Crippen molar-refractivity contribution in [1.29, 1.82) is 0 Å². The molecule has 4 heteroatoms. The summed E-state index contributed by atoms with van der Waals surface area (Å²) in [6, 6.07) is 43.8.